The summed E-state index contributed by atoms with van der Waals surface area (Å²) in [5.41, 5.74) is 2.49. The van der Waals surface area contributed by atoms with Crippen molar-refractivity contribution in [3.63, 3.8) is 0 Å². The van der Waals surface area contributed by atoms with Gasteiger partial charge in [0.05, 0.1) is 0 Å². The van der Waals surface area contributed by atoms with E-state index in [-0.39, 0.29) is 0 Å². The fraction of sp³-hybridized carbons (Fsp3) is 0.462. The van der Waals surface area contributed by atoms with Gasteiger partial charge in [-0.2, -0.15) is 0 Å². The van der Waals surface area contributed by atoms with Gasteiger partial charge >= 0.3 is 0 Å². The van der Waals surface area contributed by atoms with Gasteiger partial charge in [0.2, 0.25) is 5.91 Å². The molecule has 0 saturated carbocycles. The van der Waals surface area contributed by atoms with Crippen molar-refractivity contribution < 1.29 is 4.79 Å². The standard InChI is InChI=1S/C13H17NO/c1-10-3-5-12(6-4-10)9-14-8-11(2)7-13(14)15/h3-6,11H,7-9H2,1-2H3. The van der Waals surface area contributed by atoms with Gasteiger partial charge in [-0.25, -0.2) is 0 Å². The summed E-state index contributed by atoms with van der Waals surface area (Å²) < 4.78 is 0. The number of carbonyl (C=O) groups excluding carboxylic acids is 1. The maximum absolute atomic E-state index is 11.6. The zero-order valence-corrected chi connectivity index (χ0v) is 9.36. The average Bonchev–Trinajstić information content (AvgIpc) is 2.49. The molecule has 0 bridgehead atoms. The number of likely N-dealkylation sites (tertiary alicyclic amines) is 1. The van der Waals surface area contributed by atoms with E-state index in [2.05, 4.69) is 38.1 Å². The number of carbonyl (C=O) groups is 1. The molecule has 80 valence electrons. The molecule has 15 heavy (non-hydrogen) atoms. The van der Waals surface area contributed by atoms with Crippen LogP contribution in [0.1, 0.15) is 24.5 Å². The maximum atomic E-state index is 11.6. The van der Waals surface area contributed by atoms with Gasteiger partial charge in [0.15, 0.2) is 0 Å². The zero-order chi connectivity index (χ0) is 10.8. The number of hydrogen-bond donors (Lipinski definition) is 0. The number of nitrogens with zero attached hydrogens (tertiary/aromatic N) is 1. The number of benzene rings is 1. The summed E-state index contributed by atoms with van der Waals surface area (Å²) in [5, 5.41) is 0. The van der Waals surface area contributed by atoms with Crippen molar-refractivity contribution in [2.75, 3.05) is 6.54 Å². The molecular weight excluding hydrogens is 186 g/mol. The molecule has 1 saturated heterocycles. The third kappa shape index (κ3) is 2.38. The highest BCUT2D eigenvalue weighted by Crippen LogP contribution is 2.19. The van der Waals surface area contributed by atoms with E-state index in [1.54, 1.807) is 0 Å². The second-order valence-corrected chi connectivity index (χ2v) is 4.57. The first-order valence-electron chi connectivity index (χ1n) is 5.48. The van der Waals surface area contributed by atoms with Crippen LogP contribution in [0.15, 0.2) is 24.3 Å². The molecule has 1 fully saturated rings. The van der Waals surface area contributed by atoms with E-state index in [4.69, 9.17) is 0 Å². The van der Waals surface area contributed by atoms with Crippen molar-refractivity contribution >= 4 is 5.91 Å². The predicted octanol–water partition coefficient (Wildman–Crippen LogP) is 2.36. The summed E-state index contributed by atoms with van der Waals surface area (Å²) in [4.78, 5) is 13.5. The lowest BCUT2D eigenvalue weighted by Gasteiger charge is -2.16. The molecule has 1 aliphatic heterocycles. The first kappa shape index (κ1) is 10.2. The molecule has 0 aliphatic carbocycles. The Labute approximate surface area is 90.9 Å². The summed E-state index contributed by atoms with van der Waals surface area (Å²) in [7, 11) is 0. The van der Waals surface area contributed by atoms with Gasteiger partial charge in [0.25, 0.3) is 0 Å². The van der Waals surface area contributed by atoms with Gasteiger partial charge < -0.3 is 4.90 Å². The molecule has 0 radical (unpaired) electrons. The lowest BCUT2D eigenvalue weighted by atomic mass is 10.1. The zero-order valence-electron chi connectivity index (χ0n) is 9.36. The number of rotatable bonds is 2. The maximum Gasteiger partial charge on any atom is 0.223 e. The summed E-state index contributed by atoms with van der Waals surface area (Å²) in [5.74, 6) is 0.811. The molecule has 0 spiro atoms. The first-order chi connectivity index (χ1) is 7.15. The normalized spacial score (nSPS) is 21.1. The lowest BCUT2D eigenvalue weighted by Crippen LogP contribution is -2.24. The molecule has 1 aliphatic rings. The van der Waals surface area contributed by atoms with Crippen molar-refractivity contribution in [3.8, 4) is 0 Å². The SMILES string of the molecule is Cc1ccc(CN2CC(C)CC2=O)cc1. The molecular formula is C13H17NO. The van der Waals surface area contributed by atoms with Gasteiger partial charge in [-0.3, -0.25) is 4.79 Å². The Bertz CT molecular complexity index is 355. The van der Waals surface area contributed by atoms with Gasteiger partial charge in [0.1, 0.15) is 0 Å². The number of hydrogen-bond acceptors (Lipinski definition) is 1. The van der Waals surface area contributed by atoms with Crippen LogP contribution in [0.4, 0.5) is 0 Å². The van der Waals surface area contributed by atoms with Crippen LogP contribution in [-0.2, 0) is 11.3 Å². The summed E-state index contributed by atoms with van der Waals surface area (Å²) in [6.07, 6.45) is 0.714. The molecule has 1 aromatic carbocycles. The second kappa shape index (κ2) is 4.05. The van der Waals surface area contributed by atoms with Crippen molar-refractivity contribution in [2.45, 2.75) is 26.8 Å². The first-order valence-corrected chi connectivity index (χ1v) is 5.48. The topological polar surface area (TPSA) is 20.3 Å². The summed E-state index contributed by atoms with van der Waals surface area (Å²) in [6, 6.07) is 8.40. The van der Waals surface area contributed by atoms with E-state index in [0.717, 1.165) is 13.1 Å². The summed E-state index contributed by atoms with van der Waals surface area (Å²) >= 11 is 0. The molecule has 1 aromatic rings. The van der Waals surface area contributed by atoms with Crippen molar-refractivity contribution in [1.82, 2.24) is 4.90 Å². The van der Waals surface area contributed by atoms with Crippen LogP contribution in [0, 0.1) is 12.8 Å². The molecule has 2 rings (SSSR count). The monoisotopic (exact) mass is 203 g/mol. The van der Waals surface area contributed by atoms with Crippen molar-refractivity contribution in [1.29, 1.82) is 0 Å². The highest BCUT2D eigenvalue weighted by molar-refractivity contribution is 5.78. The number of amides is 1. The molecule has 1 unspecified atom stereocenters. The van der Waals surface area contributed by atoms with Crippen LogP contribution in [0.2, 0.25) is 0 Å². The second-order valence-electron chi connectivity index (χ2n) is 4.57. The Morgan fingerprint density at radius 2 is 2.00 bits per heavy atom. The highest BCUT2D eigenvalue weighted by Gasteiger charge is 2.25. The third-order valence-electron chi connectivity index (χ3n) is 2.90. The van der Waals surface area contributed by atoms with Crippen LogP contribution in [0.5, 0.6) is 0 Å². The minimum atomic E-state index is 0.295. The molecule has 0 aromatic heterocycles. The van der Waals surface area contributed by atoms with Crippen molar-refractivity contribution in [3.05, 3.63) is 35.4 Å². The lowest BCUT2D eigenvalue weighted by molar-refractivity contribution is -0.128. The van der Waals surface area contributed by atoms with Crippen molar-refractivity contribution in [2.24, 2.45) is 5.92 Å². The van der Waals surface area contributed by atoms with E-state index < -0.39 is 0 Å². The third-order valence-corrected chi connectivity index (χ3v) is 2.90. The molecule has 1 heterocycles. The Hall–Kier alpha value is -1.31. The molecule has 1 amide bonds. The Balaban J connectivity index is 2.03. The molecule has 2 nitrogen and oxygen atoms in total. The van der Waals surface area contributed by atoms with Gasteiger partial charge in [-0.05, 0) is 18.4 Å². The van der Waals surface area contributed by atoms with E-state index >= 15 is 0 Å². The minimum absolute atomic E-state index is 0.295. The Kier molecular flexibility index (Phi) is 2.76. The summed E-state index contributed by atoms with van der Waals surface area (Å²) in [6.45, 7) is 5.88. The molecule has 1 atom stereocenters. The highest BCUT2D eigenvalue weighted by atomic mass is 16.2. The quantitative estimate of drug-likeness (QED) is 0.722. The van der Waals surface area contributed by atoms with E-state index in [0.29, 0.717) is 18.2 Å². The fourth-order valence-corrected chi connectivity index (χ4v) is 2.04. The van der Waals surface area contributed by atoms with Crippen LogP contribution in [-0.4, -0.2) is 17.4 Å². The predicted molar refractivity (Wildman–Crippen MR) is 60.4 cm³/mol. The van der Waals surface area contributed by atoms with Gasteiger partial charge in [0, 0.05) is 19.5 Å². The van der Waals surface area contributed by atoms with E-state index in [1.807, 2.05) is 4.90 Å². The van der Waals surface area contributed by atoms with Crippen LogP contribution >= 0.6 is 0 Å². The smallest absolute Gasteiger partial charge is 0.223 e. The fourth-order valence-electron chi connectivity index (χ4n) is 2.04. The average molecular weight is 203 g/mol. The van der Waals surface area contributed by atoms with Crippen LogP contribution < -0.4 is 0 Å². The van der Waals surface area contributed by atoms with Crippen LogP contribution in [0.25, 0.3) is 0 Å². The number of aryl methyl sites for hydroxylation is 1. The Morgan fingerprint density at radius 3 is 2.53 bits per heavy atom. The van der Waals surface area contributed by atoms with Gasteiger partial charge in [-0.1, -0.05) is 36.8 Å². The molecule has 0 N–H and O–H groups in total. The largest absolute Gasteiger partial charge is 0.338 e. The van der Waals surface area contributed by atoms with E-state index in [1.165, 1.54) is 11.1 Å². The Morgan fingerprint density at radius 1 is 1.33 bits per heavy atom. The van der Waals surface area contributed by atoms with Gasteiger partial charge in [-0.15, -0.1) is 0 Å². The molecule has 2 heteroatoms. The minimum Gasteiger partial charge on any atom is -0.338 e. The van der Waals surface area contributed by atoms with Crippen LogP contribution in [0.3, 0.4) is 0 Å². The van der Waals surface area contributed by atoms with E-state index in [9.17, 15) is 4.79 Å².